The number of carbonyl (C=O) groups excluding carboxylic acids is 1. The van der Waals surface area contributed by atoms with Crippen LogP contribution in [0.5, 0.6) is 5.75 Å². The maximum atomic E-state index is 12.8. The SMILES string of the molecule is CCCCCC(C)NC(=O)N(C)CCOc1ccc(F)cc1. The van der Waals surface area contributed by atoms with Crippen LogP contribution in [0.25, 0.3) is 0 Å². The Kier molecular flexibility index (Phi) is 8.33. The van der Waals surface area contributed by atoms with Crippen LogP contribution >= 0.6 is 0 Å². The minimum atomic E-state index is -0.291. The normalized spacial score (nSPS) is 11.8. The van der Waals surface area contributed by atoms with Crippen LogP contribution in [0.1, 0.15) is 39.5 Å². The maximum absolute atomic E-state index is 12.8. The van der Waals surface area contributed by atoms with E-state index in [0.29, 0.717) is 18.9 Å². The maximum Gasteiger partial charge on any atom is 0.317 e. The third kappa shape index (κ3) is 7.29. The van der Waals surface area contributed by atoms with Crippen LogP contribution in [0.3, 0.4) is 0 Å². The number of carbonyl (C=O) groups is 1. The molecule has 0 saturated carbocycles. The number of benzene rings is 1. The number of ether oxygens (including phenoxy) is 1. The van der Waals surface area contributed by atoms with Crippen molar-refractivity contribution < 1.29 is 13.9 Å². The Morgan fingerprint density at radius 2 is 2.00 bits per heavy atom. The molecule has 22 heavy (non-hydrogen) atoms. The van der Waals surface area contributed by atoms with Crippen molar-refractivity contribution in [2.24, 2.45) is 0 Å². The fourth-order valence-corrected chi connectivity index (χ4v) is 2.03. The fraction of sp³-hybridized carbons (Fsp3) is 0.588. The Labute approximate surface area is 132 Å². The van der Waals surface area contributed by atoms with Gasteiger partial charge in [0, 0.05) is 13.1 Å². The van der Waals surface area contributed by atoms with Gasteiger partial charge in [-0.25, -0.2) is 9.18 Å². The molecular weight excluding hydrogens is 283 g/mol. The summed E-state index contributed by atoms with van der Waals surface area (Å²) >= 11 is 0. The molecule has 1 atom stereocenters. The molecule has 0 aliphatic carbocycles. The van der Waals surface area contributed by atoms with Crippen molar-refractivity contribution >= 4 is 6.03 Å². The van der Waals surface area contributed by atoms with Crippen molar-refractivity contribution in [3.05, 3.63) is 30.1 Å². The number of hydrogen-bond donors (Lipinski definition) is 1. The highest BCUT2D eigenvalue weighted by Gasteiger charge is 2.11. The molecule has 1 aromatic carbocycles. The van der Waals surface area contributed by atoms with E-state index in [1.807, 2.05) is 6.92 Å². The molecule has 0 bridgehead atoms. The average Bonchev–Trinajstić information content (AvgIpc) is 2.49. The highest BCUT2D eigenvalue weighted by Crippen LogP contribution is 2.10. The van der Waals surface area contributed by atoms with Gasteiger partial charge in [0.2, 0.25) is 0 Å². The van der Waals surface area contributed by atoms with Gasteiger partial charge in [0.05, 0.1) is 6.54 Å². The number of hydrogen-bond acceptors (Lipinski definition) is 2. The van der Waals surface area contributed by atoms with E-state index >= 15 is 0 Å². The largest absolute Gasteiger partial charge is 0.492 e. The van der Waals surface area contributed by atoms with Crippen molar-refractivity contribution in [3.63, 3.8) is 0 Å². The number of rotatable bonds is 9. The van der Waals surface area contributed by atoms with Gasteiger partial charge >= 0.3 is 6.03 Å². The van der Waals surface area contributed by atoms with Gasteiger partial charge in [0.15, 0.2) is 0 Å². The zero-order valence-corrected chi connectivity index (χ0v) is 13.8. The van der Waals surface area contributed by atoms with Crippen LogP contribution in [0.4, 0.5) is 9.18 Å². The van der Waals surface area contributed by atoms with Gasteiger partial charge in [-0.15, -0.1) is 0 Å². The van der Waals surface area contributed by atoms with E-state index < -0.39 is 0 Å². The van der Waals surface area contributed by atoms with Crippen molar-refractivity contribution in [2.75, 3.05) is 20.2 Å². The van der Waals surface area contributed by atoms with E-state index in [2.05, 4.69) is 12.2 Å². The number of nitrogens with one attached hydrogen (secondary N) is 1. The first-order valence-corrected chi connectivity index (χ1v) is 7.93. The lowest BCUT2D eigenvalue weighted by Gasteiger charge is -2.21. The lowest BCUT2D eigenvalue weighted by Crippen LogP contribution is -2.43. The summed E-state index contributed by atoms with van der Waals surface area (Å²) in [5, 5.41) is 2.98. The van der Waals surface area contributed by atoms with Crippen molar-refractivity contribution in [2.45, 2.75) is 45.6 Å². The second kappa shape index (κ2) is 10.0. The topological polar surface area (TPSA) is 41.6 Å². The lowest BCUT2D eigenvalue weighted by atomic mass is 10.1. The molecular formula is C17H27FN2O2. The summed E-state index contributed by atoms with van der Waals surface area (Å²) < 4.78 is 18.2. The van der Waals surface area contributed by atoms with Crippen LogP contribution in [-0.4, -0.2) is 37.2 Å². The lowest BCUT2D eigenvalue weighted by molar-refractivity contribution is 0.191. The number of amides is 2. The van der Waals surface area contributed by atoms with Gasteiger partial charge in [-0.2, -0.15) is 0 Å². The molecule has 0 aliphatic rings. The summed E-state index contributed by atoms with van der Waals surface area (Å²) in [5.41, 5.74) is 0. The second-order valence-electron chi connectivity index (χ2n) is 5.57. The Hall–Kier alpha value is -1.78. The number of halogens is 1. The van der Waals surface area contributed by atoms with E-state index in [1.165, 1.54) is 25.0 Å². The van der Waals surface area contributed by atoms with Crippen LogP contribution in [0, 0.1) is 5.82 Å². The molecule has 0 aliphatic heterocycles. The predicted octanol–water partition coefficient (Wildman–Crippen LogP) is 3.81. The quantitative estimate of drug-likeness (QED) is 0.705. The van der Waals surface area contributed by atoms with Crippen LogP contribution in [-0.2, 0) is 0 Å². The van der Waals surface area contributed by atoms with E-state index in [9.17, 15) is 9.18 Å². The van der Waals surface area contributed by atoms with Gasteiger partial charge in [-0.3, -0.25) is 0 Å². The minimum Gasteiger partial charge on any atom is -0.492 e. The summed E-state index contributed by atoms with van der Waals surface area (Å²) in [6, 6.07) is 5.94. The molecule has 1 unspecified atom stereocenters. The van der Waals surface area contributed by atoms with Crippen molar-refractivity contribution in [3.8, 4) is 5.75 Å². The standard InChI is InChI=1S/C17H27FN2O2/c1-4-5-6-7-14(2)19-17(21)20(3)12-13-22-16-10-8-15(18)9-11-16/h8-11,14H,4-7,12-13H2,1-3H3,(H,19,21). The molecule has 0 radical (unpaired) electrons. The number of unbranched alkanes of at least 4 members (excludes halogenated alkanes) is 2. The summed E-state index contributed by atoms with van der Waals surface area (Å²) in [5.74, 6) is 0.309. The van der Waals surface area contributed by atoms with Gasteiger partial charge in [0.1, 0.15) is 18.2 Å². The summed E-state index contributed by atoms with van der Waals surface area (Å²) in [6.07, 6.45) is 4.51. The smallest absolute Gasteiger partial charge is 0.317 e. The highest BCUT2D eigenvalue weighted by atomic mass is 19.1. The molecule has 1 aromatic rings. The van der Waals surface area contributed by atoms with E-state index in [4.69, 9.17) is 4.74 Å². The molecule has 2 amide bonds. The van der Waals surface area contributed by atoms with E-state index in [-0.39, 0.29) is 17.9 Å². The third-order valence-electron chi connectivity index (χ3n) is 3.47. The molecule has 1 N–H and O–H groups in total. The Bertz CT molecular complexity index is 437. The Morgan fingerprint density at radius 3 is 2.64 bits per heavy atom. The molecule has 4 nitrogen and oxygen atoms in total. The first kappa shape index (κ1) is 18.3. The zero-order valence-electron chi connectivity index (χ0n) is 13.8. The molecule has 1 rings (SSSR count). The van der Waals surface area contributed by atoms with Crippen LogP contribution in [0.15, 0.2) is 24.3 Å². The van der Waals surface area contributed by atoms with Gasteiger partial charge in [0.25, 0.3) is 0 Å². The predicted molar refractivity (Wildman–Crippen MR) is 86.7 cm³/mol. The highest BCUT2D eigenvalue weighted by molar-refractivity contribution is 5.74. The van der Waals surface area contributed by atoms with E-state index in [1.54, 1.807) is 24.1 Å². The van der Waals surface area contributed by atoms with Crippen LogP contribution in [0.2, 0.25) is 0 Å². The van der Waals surface area contributed by atoms with Crippen molar-refractivity contribution in [1.82, 2.24) is 10.2 Å². The molecule has 0 heterocycles. The molecule has 5 heteroatoms. The number of nitrogens with zero attached hydrogens (tertiary/aromatic N) is 1. The molecule has 0 fully saturated rings. The summed E-state index contributed by atoms with van der Waals surface area (Å²) in [7, 11) is 1.74. The Morgan fingerprint density at radius 1 is 1.32 bits per heavy atom. The van der Waals surface area contributed by atoms with Gasteiger partial charge in [-0.1, -0.05) is 26.2 Å². The molecule has 0 saturated heterocycles. The third-order valence-corrected chi connectivity index (χ3v) is 3.47. The second-order valence-corrected chi connectivity index (χ2v) is 5.57. The fourth-order valence-electron chi connectivity index (χ4n) is 2.03. The minimum absolute atomic E-state index is 0.0910. The first-order valence-electron chi connectivity index (χ1n) is 7.93. The number of likely N-dealkylation sites (N-methyl/N-ethyl adjacent to an activating group) is 1. The average molecular weight is 310 g/mol. The van der Waals surface area contributed by atoms with Crippen LogP contribution < -0.4 is 10.1 Å². The molecule has 124 valence electrons. The molecule has 0 spiro atoms. The monoisotopic (exact) mass is 310 g/mol. The first-order chi connectivity index (χ1) is 10.5. The summed E-state index contributed by atoms with van der Waals surface area (Å²) in [6.45, 7) is 5.04. The van der Waals surface area contributed by atoms with E-state index in [0.717, 1.165) is 12.8 Å². The zero-order chi connectivity index (χ0) is 16.4. The summed E-state index contributed by atoms with van der Waals surface area (Å²) in [4.78, 5) is 13.6. The molecule has 0 aromatic heterocycles. The van der Waals surface area contributed by atoms with Gasteiger partial charge < -0.3 is 15.0 Å². The van der Waals surface area contributed by atoms with Gasteiger partial charge in [-0.05, 0) is 37.6 Å². The van der Waals surface area contributed by atoms with Crippen molar-refractivity contribution in [1.29, 1.82) is 0 Å². The Balaban J connectivity index is 2.21. The number of urea groups is 1.